The van der Waals surface area contributed by atoms with Gasteiger partial charge in [-0.15, -0.1) is 0 Å². The molecule has 2 aromatic carbocycles. The molecule has 1 amide bonds. The van der Waals surface area contributed by atoms with Gasteiger partial charge in [0.15, 0.2) is 0 Å². The van der Waals surface area contributed by atoms with Crippen molar-refractivity contribution in [3.05, 3.63) is 53.6 Å². The van der Waals surface area contributed by atoms with Crippen LogP contribution in [0.5, 0.6) is 0 Å². The molecule has 0 radical (unpaired) electrons. The first-order valence-corrected chi connectivity index (χ1v) is 10.0. The average Bonchev–Trinajstić information content (AvgIpc) is 3.25. The predicted molar refractivity (Wildman–Crippen MR) is 110 cm³/mol. The summed E-state index contributed by atoms with van der Waals surface area (Å²) in [5.41, 5.74) is 6.10. The van der Waals surface area contributed by atoms with Crippen LogP contribution in [0, 0.1) is 0 Å². The highest BCUT2D eigenvalue weighted by molar-refractivity contribution is 5.84. The fourth-order valence-corrected chi connectivity index (χ4v) is 4.67. The Balaban J connectivity index is 1.74. The molecule has 27 heavy (non-hydrogen) atoms. The summed E-state index contributed by atoms with van der Waals surface area (Å²) in [6.07, 6.45) is 5.88. The number of benzene rings is 2. The third kappa shape index (κ3) is 3.41. The van der Waals surface area contributed by atoms with Gasteiger partial charge in [-0.05, 0) is 68.0 Å². The Morgan fingerprint density at radius 2 is 1.85 bits per heavy atom. The minimum atomic E-state index is -0.163. The lowest BCUT2D eigenvalue weighted by Crippen LogP contribution is -2.30. The molecule has 0 bridgehead atoms. The van der Waals surface area contributed by atoms with E-state index in [0.29, 0.717) is 6.61 Å². The third-order valence-corrected chi connectivity index (χ3v) is 6.03. The summed E-state index contributed by atoms with van der Waals surface area (Å²) in [5.74, 6) is 0. The second-order valence-electron chi connectivity index (χ2n) is 9.01. The molecule has 4 rings (SSSR count). The molecule has 2 aliphatic rings. The van der Waals surface area contributed by atoms with E-state index >= 15 is 0 Å². The molecule has 3 nitrogen and oxygen atoms in total. The van der Waals surface area contributed by atoms with Crippen molar-refractivity contribution < 1.29 is 9.53 Å². The third-order valence-electron chi connectivity index (χ3n) is 6.03. The highest BCUT2D eigenvalue weighted by Gasteiger charge is 2.44. The van der Waals surface area contributed by atoms with E-state index in [-0.39, 0.29) is 11.0 Å². The van der Waals surface area contributed by atoms with Crippen LogP contribution in [0.25, 0.3) is 11.1 Å². The predicted octanol–water partition coefficient (Wildman–Crippen LogP) is 5.46. The molecule has 0 atom stereocenters. The second-order valence-corrected chi connectivity index (χ2v) is 9.01. The topological polar surface area (TPSA) is 29.5 Å². The Hall–Kier alpha value is -2.13. The SMILES string of the molecule is CC(C)(C)OCc1ccccc1-c1ccc2c(c1)C1(CCCC1)CN2C=O. The summed E-state index contributed by atoms with van der Waals surface area (Å²) in [4.78, 5) is 13.5. The zero-order chi connectivity index (χ0) is 19.1. The zero-order valence-electron chi connectivity index (χ0n) is 16.6. The van der Waals surface area contributed by atoms with Gasteiger partial charge in [-0.3, -0.25) is 4.79 Å². The number of fused-ring (bicyclic) bond motifs is 2. The van der Waals surface area contributed by atoms with Crippen LogP contribution in [0.1, 0.15) is 57.6 Å². The normalized spacial score (nSPS) is 18.1. The number of hydrogen-bond donors (Lipinski definition) is 0. The molecular weight excluding hydrogens is 334 g/mol. The lowest BCUT2D eigenvalue weighted by Gasteiger charge is -2.24. The van der Waals surface area contributed by atoms with Crippen molar-refractivity contribution >= 4 is 12.1 Å². The molecule has 142 valence electrons. The summed E-state index contributed by atoms with van der Waals surface area (Å²) >= 11 is 0. The van der Waals surface area contributed by atoms with Crippen molar-refractivity contribution in [2.24, 2.45) is 0 Å². The van der Waals surface area contributed by atoms with E-state index < -0.39 is 0 Å². The van der Waals surface area contributed by atoms with Crippen LogP contribution < -0.4 is 4.90 Å². The minimum Gasteiger partial charge on any atom is -0.371 e. The summed E-state index contributed by atoms with van der Waals surface area (Å²) in [5, 5.41) is 0. The number of ether oxygens (including phenoxy) is 1. The Morgan fingerprint density at radius 1 is 1.11 bits per heavy atom. The quantitative estimate of drug-likeness (QED) is 0.675. The Morgan fingerprint density at radius 3 is 2.56 bits per heavy atom. The smallest absolute Gasteiger partial charge is 0.214 e. The van der Waals surface area contributed by atoms with Crippen molar-refractivity contribution in [3.63, 3.8) is 0 Å². The maximum absolute atomic E-state index is 11.6. The van der Waals surface area contributed by atoms with Gasteiger partial charge in [0.2, 0.25) is 6.41 Å². The van der Waals surface area contributed by atoms with Crippen molar-refractivity contribution in [2.75, 3.05) is 11.4 Å². The summed E-state index contributed by atoms with van der Waals surface area (Å²) < 4.78 is 6.04. The molecule has 1 heterocycles. The molecule has 2 aromatic rings. The molecule has 1 saturated carbocycles. The van der Waals surface area contributed by atoms with Gasteiger partial charge < -0.3 is 9.64 Å². The molecule has 1 fully saturated rings. The largest absolute Gasteiger partial charge is 0.371 e. The van der Waals surface area contributed by atoms with E-state index in [4.69, 9.17) is 4.74 Å². The van der Waals surface area contributed by atoms with Crippen LogP contribution >= 0.6 is 0 Å². The number of carbonyl (C=O) groups excluding carboxylic acids is 1. The summed E-state index contributed by atoms with van der Waals surface area (Å²) in [6.45, 7) is 7.70. The first-order chi connectivity index (χ1) is 12.9. The van der Waals surface area contributed by atoms with Crippen molar-refractivity contribution in [2.45, 2.75) is 64.1 Å². The standard InChI is InChI=1S/C24H29NO2/c1-23(2,3)27-15-19-8-4-5-9-20(19)18-10-11-22-21(14-18)24(12-6-7-13-24)16-25(22)17-26/h4-5,8-11,14,17H,6-7,12-13,15-16H2,1-3H3. The first-order valence-electron chi connectivity index (χ1n) is 10.0. The molecular formula is C24H29NO2. The van der Waals surface area contributed by atoms with Crippen LogP contribution in [0.3, 0.4) is 0 Å². The molecule has 0 saturated heterocycles. The maximum atomic E-state index is 11.6. The molecule has 0 N–H and O–H groups in total. The van der Waals surface area contributed by atoms with Gasteiger partial charge in [0.25, 0.3) is 0 Å². The Kier molecular flexibility index (Phi) is 4.59. The van der Waals surface area contributed by atoms with Crippen LogP contribution in [0.4, 0.5) is 5.69 Å². The Labute approximate surface area is 162 Å². The van der Waals surface area contributed by atoms with Gasteiger partial charge in [0.05, 0.1) is 12.2 Å². The molecule has 0 aromatic heterocycles. The molecule has 0 unspecified atom stereocenters. The molecule has 1 spiro atoms. The number of nitrogens with zero attached hydrogens (tertiary/aromatic N) is 1. The highest BCUT2D eigenvalue weighted by Crippen LogP contribution is 2.51. The summed E-state index contributed by atoms with van der Waals surface area (Å²) in [7, 11) is 0. The van der Waals surface area contributed by atoms with Gasteiger partial charge in [0.1, 0.15) is 0 Å². The fraction of sp³-hybridized carbons (Fsp3) is 0.458. The monoisotopic (exact) mass is 363 g/mol. The molecule has 1 aliphatic carbocycles. The summed E-state index contributed by atoms with van der Waals surface area (Å²) in [6, 6.07) is 15.1. The van der Waals surface area contributed by atoms with E-state index in [1.807, 2.05) is 4.90 Å². The van der Waals surface area contributed by atoms with Gasteiger partial charge in [-0.1, -0.05) is 43.2 Å². The van der Waals surface area contributed by atoms with Crippen molar-refractivity contribution in [3.8, 4) is 11.1 Å². The van der Waals surface area contributed by atoms with E-state index in [1.54, 1.807) is 0 Å². The van der Waals surface area contributed by atoms with Crippen LogP contribution in [-0.2, 0) is 21.6 Å². The zero-order valence-corrected chi connectivity index (χ0v) is 16.6. The van der Waals surface area contributed by atoms with Crippen LogP contribution in [-0.4, -0.2) is 18.6 Å². The number of amides is 1. The van der Waals surface area contributed by atoms with E-state index in [1.165, 1.54) is 47.9 Å². The van der Waals surface area contributed by atoms with E-state index in [2.05, 4.69) is 63.2 Å². The number of carbonyl (C=O) groups is 1. The molecule has 3 heteroatoms. The van der Waals surface area contributed by atoms with Crippen molar-refractivity contribution in [1.82, 2.24) is 0 Å². The lowest BCUT2D eigenvalue weighted by atomic mass is 9.79. The number of hydrogen-bond acceptors (Lipinski definition) is 2. The fourth-order valence-electron chi connectivity index (χ4n) is 4.67. The Bertz CT molecular complexity index is 844. The van der Waals surface area contributed by atoms with E-state index in [0.717, 1.165) is 18.6 Å². The highest BCUT2D eigenvalue weighted by atomic mass is 16.5. The van der Waals surface area contributed by atoms with E-state index in [9.17, 15) is 4.79 Å². The number of anilines is 1. The van der Waals surface area contributed by atoms with Crippen molar-refractivity contribution in [1.29, 1.82) is 0 Å². The van der Waals surface area contributed by atoms with Gasteiger partial charge >= 0.3 is 0 Å². The first kappa shape index (κ1) is 18.2. The number of rotatable bonds is 4. The van der Waals surface area contributed by atoms with Crippen LogP contribution in [0.2, 0.25) is 0 Å². The minimum absolute atomic E-state index is 0.156. The molecule has 1 aliphatic heterocycles. The second kappa shape index (κ2) is 6.79. The average molecular weight is 364 g/mol. The van der Waals surface area contributed by atoms with Gasteiger partial charge in [0, 0.05) is 17.6 Å². The van der Waals surface area contributed by atoms with Gasteiger partial charge in [-0.2, -0.15) is 0 Å². The lowest BCUT2D eigenvalue weighted by molar-refractivity contribution is -0.107. The van der Waals surface area contributed by atoms with Gasteiger partial charge in [-0.25, -0.2) is 0 Å². The maximum Gasteiger partial charge on any atom is 0.214 e. The van der Waals surface area contributed by atoms with Crippen LogP contribution in [0.15, 0.2) is 42.5 Å².